The summed E-state index contributed by atoms with van der Waals surface area (Å²) < 4.78 is 27.8. The molecule has 0 unspecified atom stereocenters. The van der Waals surface area contributed by atoms with Crippen molar-refractivity contribution >= 4 is 16.1 Å². The van der Waals surface area contributed by atoms with Crippen LogP contribution < -0.4 is 10.0 Å². The Kier molecular flexibility index (Phi) is 6.70. The number of hydrogen-bond acceptors (Lipinski definition) is 4. The van der Waals surface area contributed by atoms with E-state index in [9.17, 15) is 13.2 Å². The van der Waals surface area contributed by atoms with Gasteiger partial charge in [-0.1, -0.05) is 0 Å². The lowest BCUT2D eigenvalue weighted by Gasteiger charge is -2.26. The van der Waals surface area contributed by atoms with Crippen LogP contribution in [-0.4, -0.2) is 69.3 Å². The van der Waals surface area contributed by atoms with Crippen LogP contribution in [0.25, 0.3) is 0 Å². The molecule has 1 fully saturated rings. The maximum Gasteiger partial charge on any atom is 0.279 e. The van der Waals surface area contributed by atoms with Gasteiger partial charge in [0, 0.05) is 52.2 Å². The molecule has 0 bridgehead atoms. The van der Waals surface area contributed by atoms with Gasteiger partial charge in [0.25, 0.3) is 10.2 Å². The maximum absolute atomic E-state index is 11.9. The SMILES string of the molecule is CCN(CC)C(=O)CCNS(=O)(=O)N1CCNCC1. The topological polar surface area (TPSA) is 81.8 Å². The normalized spacial score (nSPS) is 17.4. The second-order valence-electron chi connectivity index (χ2n) is 4.36. The Morgan fingerprint density at radius 3 is 2.37 bits per heavy atom. The summed E-state index contributed by atoms with van der Waals surface area (Å²) in [5, 5.41) is 3.10. The predicted molar refractivity (Wildman–Crippen MR) is 73.9 cm³/mol. The molecule has 1 heterocycles. The van der Waals surface area contributed by atoms with Crippen molar-refractivity contribution in [2.24, 2.45) is 0 Å². The summed E-state index contributed by atoms with van der Waals surface area (Å²) in [5.74, 6) is -0.0204. The molecule has 0 atom stereocenters. The van der Waals surface area contributed by atoms with Crippen molar-refractivity contribution in [3.05, 3.63) is 0 Å². The van der Waals surface area contributed by atoms with E-state index < -0.39 is 10.2 Å². The van der Waals surface area contributed by atoms with Crippen LogP contribution in [-0.2, 0) is 15.0 Å². The van der Waals surface area contributed by atoms with E-state index in [2.05, 4.69) is 10.0 Å². The Balaban J connectivity index is 2.37. The fourth-order valence-corrected chi connectivity index (χ4v) is 3.20. The van der Waals surface area contributed by atoms with E-state index >= 15 is 0 Å². The fraction of sp³-hybridized carbons (Fsp3) is 0.909. The van der Waals surface area contributed by atoms with Crippen molar-refractivity contribution in [1.82, 2.24) is 19.2 Å². The first-order chi connectivity index (χ1) is 9.01. The van der Waals surface area contributed by atoms with Gasteiger partial charge in [-0.2, -0.15) is 12.7 Å². The van der Waals surface area contributed by atoms with Gasteiger partial charge in [0.05, 0.1) is 0 Å². The van der Waals surface area contributed by atoms with Gasteiger partial charge in [-0.15, -0.1) is 0 Å². The summed E-state index contributed by atoms with van der Waals surface area (Å²) >= 11 is 0. The molecule has 1 saturated heterocycles. The van der Waals surface area contributed by atoms with E-state index in [1.165, 1.54) is 4.31 Å². The first kappa shape index (κ1) is 16.4. The smallest absolute Gasteiger partial charge is 0.279 e. The maximum atomic E-state index is 11.9. The first-order valence-electron chi connectivity index (χ1n) is 6.74. The lowest BCUT2D eigenvalue weighted by Crippen LogP contribution is -2.50. The van der Waals surface area contributed by atoms with E-state index in [0.29, 0.717) is 39.3 Å². The van der Waals surface area contributed by atoms with Crippen molar-refractivity contribution in [2.75, 3.05) is 45.8 Å². The van der Waals surface area contributed by atoms with Crippen molar-refractivity contribution in [3.63, 3.8) is 0 Å². The number of rotatable bonds is 7. The van der Waals surface area contributed by atoms with Gasteiger partial charge in [0.2, 0.25) is 5.91 Å². The van der Waals surface area contributed by atoms with Crippen LogP contribution in [0.3, 0.4) is 0 Å². The summed E-state index contributed by atoms with van der Waals surface area (Å²) in [6.45, 7) is 7.55. The monoisotopic (exact) mass is 292 g/mol. The molecule has 8 heteroatoms. The minimum Gasteiger partial charge on any atom is -0.343 e. The number of hydrogen-bond donors (Lipinski definition) is 2. The van der Waals surface area contributed by atoms with Crippen LogP contribution >= 0.6 is 0 Å². The standard InChI is InChI=1S/C11H24N4O3S/c1-3-14(4-2)11(16)5-6-13-19(17,18)15-9-7-12-8-10-15/h12-13H,3-10H2,1-2H3. The summed E-state index contributed by atoms with van der Waals surface area (Å²) in [5.41, 5.74) is 0. The quantitative estimate of drug-likeness (QED) is 0.629. The van der Waals surface area contributed by atoms with Gasteiger partial charge in [-0.25, -0.2) is 4.72 Å². The zero-order chi connectivity index (χ0) is 14.3. The average Bonchev–Trinajstić information content (AvgIpc) is 2.41. The Morgan fingerprint density at radius 1 is 1.26 bits per heavy atom. The second kappa shape index (κ2) is 7.78. The Labute approximate surface area is 115 Å². The molecule has 0 saturated carbocycles. The zero-order valence-corrected chi connectivity index (χ0v) is 12.5. The van der Waals surface area contributed by atoms with E-state index in [1.807, 2.05) is 13.8 Å². The number of amides is 1. The molecule has 0 spiro atoms. The van der Waals surface area contributed by atoms with Crippen LogP contribution in [0.5, 0.6) is 0 Å². The van der Waals surface area contributed by atoms with Gasteiger partial charge in [-0.05, 0) is 13.8 Å². The van der Waals surface area contributed by atoms with Gasteiger partial charge in [-0.3, -0.25) is 4.79 Å². The van der Waals surface area contributed by atoms with E-state index in [-0.39, 0.29) is 18.9 Å². The van der Waals surface area contributed by atoms with Gasteiger partial charge in [0.1, 0.15) is 0 Å². The van der Waals surface area contributed by atoms with Crippen molar-refractivity contribution in [1.29, 1.82) is 0 Å². The zero-order valence-electron chi connectivity index (χ0n) is 11.7. The Bertz CT molecular complexity index is 375. The molecule has 1 aliphatic rings. The fourth-order valence-electron chi connectivity index (χ4n) is 2.00. The highest BCUT2D eigenvalue weighted by Crippen LogP contribution is 2.00. The molecule has 0 aliphatic carbocycles. The highest BCUT2D eigenvalue weighted by molar-refractivity contribution is 7.87. The Morgan fingerprint density at radius 2 is 1.84 bits per heavy atom. The summed E-state index contributed by atoms with van der Waals surface area (Å²) in [7, 11) is -3.45. The minimum atomic E-state index is -3.45. The number of piperazine rings is 1. The highest BCUT2D eigenvalue weighted by Gasteiger charge is 2.23. The van der Waals surface area contributed by atoms with Crippen LogP contribution in [0.4, 0.5) is 0 Å². The van der Waals surface area contributed by atoms with E-state index in [1.54, 1.807) is 4.90 Å². The molecule has 112 valence electrons. The number of nitrogens with one attached hydrogen (secondary N) is 2. The van der Waals surface area contributed by atoms with Gasteiger partial charge in [0.15, 0.2) is 0 Å². The number of carbonyl (C=O) groups is 1. The summed E-state index contributed by atoms with van der Waals surface area (Å²) in [4.78, 5) is 13.4. The third kappa shape index (κ3) is 5.06. The van der Waals surface area contributed by atoms with Crippen LogP contribution in [0.2, 0.25) is 0 Å². The number of nitrogens with zero attached hydrogens (tertiary/aromatic N) is 2. The molecule has 19 heavy (non-hydrogen) atoms. The summed E-state index contributed by atoms with van der Waals surface area (Å²) in [6.07, 6.45) is 0.201. The molecule has 1 rings (SSSR count). The van der Waals surface area contributed by atoms with Crippen molar-refractivity contribution < 1.29 is 13.2 Å². The minimum absolute atomic E-state index is 0.0204. The highest BCUT2D eigenvalue weighted by atomic mass is 32.2. The molecular formula is C11H24N4O3S. The van der Waals surface area contributed by atoms with Crippen LogP contribution in [0, 0.1) is 0 Å². The molecule has 0 aromatic carbocycles. The van der Waals surface area contributed by atoms with Crippen molar-refractivity contribution in [2.45, 2.75) is 20.3 Å². The third-order valence-electron chi connectivity index (χ3n) is 3.16. The molecule has 0 aromatic rings. The molecule has 7 nitrogen and oxygen atoms in total. The van der Waals surface area contributed by atoms with Gasteiger partial charge < -0.3 is 10.2 Å². The lowest BCUT2D eigenvalue weighted by atomic mass is 10.3. The third-order valence-corrected chi connectivity index (χ3v) is 4.77. The van der Waals surface area contributed by atoms with Crippen LogP contribution in [0.15, 0.2) is 0 Å². The van der Waals surface area contributed by atoms with Crippen LogP contribution in [0.1, 0.15) is 20.3 Å². The largest absolute Gasteiger partial charge is 0.343 e. The molecular weight excluding hydrogens is 268 g/mol. The predicted octanol–water partition coefficient (Wildman–Crippen LogP) is -1.02. The molecule has 1 amide bonds. The number of carbonyl (C=O) groups excluding carboxylic acids is 1. The summed E-state index contributed by atoms with van der Waals surface area (Å²) in [6, 6.07) is 0. The first-order valence-corrected chi connectivity index (χ1v) is 8.18. The average molecular weight is 292 g/mol. The molecule has 1 aliphatic heterocycles. The van der Waals surface area contributed by atoms with E-state index in [0.717, 1.165) is 0 Å². The molecule has 0 aromatic heterocycles. The Hall–Kier alpha value is -0.700. The van der Waals surface area contributed by atoms with Crippen molar-refractivity contribution in [3.8, 4) is 0 Å². The molecule has 2 N–H and O–H groups in total. The van der Waals surface area contributed by atoms with E-state index in [4.69, 9.17) is 0 Å². The second-order valence-corrected chi connectivity index (χ2v) is 6.12. The molecule has 0 radical (unpaired) electrons. The van der Waals surface area contributed by atoms with Gasteiger partial charge >= 0.3 is 0 Å². The lowest BCUT2D eigenvalue weighted by molar-refractivity contribution is -0.130.